The Balaban J connectivity index is 1.57. The van der Waals surface area contributed by atoms with Crippen LogP contribution < -0.4 is 10.6 Å². The normalized spacial score (nSPS) is 11.8. The Kier molecular flexibility index (Phi) is 5.94. The van der Waals surface area contributed by atoms with Gasteiger partial charge in [-0.1, -0.05) is 42.5 Å². The third kappa shape index (κ3) is 4.34. The summed E-state index contributed by atoms with van der Waals surface area (Å²) in [5.41, 5.74) is 5.91. The highest BCUT2D eigenvalue weighted by Crippen LogP contribution is 2.25. The topological polar surface area (TPSA) is 94.2 Å². The molecule has 0 aliphatic heterocycles. The quantitative estimate of drug-likeness (QED) is 0.336. The van der Waals surface area contributed by atoms with Crippen molar-refractivity contribution >= 4 is 34.2 Å². The predicted octanol–water partition coefficient (Wildman–Crippen LogP) is 4.95. The lowest BCUT2D eigenvalue weighted by molar-refractivity contribution is -0.139. The zero-order valence-corrected chi connectivity index (χ0v) is 18.0. The van der Waals surface area contributed by atoms with Gasteiger partial charge in [-0.15, -0.1) is 0 Å². The molecule has 4 N–H and O–H groups in total. The first-order valence-electron chi connectivity index (χ1n) is 10.4. The molecule has 6 nitrogen and oxygen atoms in total. The molecule has 0 saturated heterocycles. The number of carbonyl (C=O) groups excluding carboxylic acids is 1. The first kappa shape index (κ1) is 21.2. The lowest BCUT2D eigenvalue weighted by atomic mass is 10.0. The van der Waals surface area contributed by atoms with Crippen molar-refractivity contribution in [2.24, 2.45) is 0 Å². The number of hydrogen-bond acceptors (Lipinski definition) is 3. The highest BCUT2D eigenvalue weighted by molar-refractivity contribution is 6.02. The van der Waals surface area contributed by atoms with Crippen LogP contribution >= 0.6 is 0 Å². The molecule has 4 aromatic rings. The molecule has 0 saturated carbocycles. The van der Waals surface area contributed by atoms with Crippen LogP contribution in [0.25, 0.3) is 10.9 Å². The summed E-state index contributed by atoms with van der Waals surface area (Å²) < 4.78 is 0. The molecular weight excluding hydrogens is 402 g/mol. The minimum absolute atomic E-state index is 0.178. The second kappa shape index (κ2) is 8.98. The highest BCUT2D eigenvalue weighted by atomic mass is 16.4. The molecule has 32 heavy (non-hydrogen) atoms. The standard InChI is InChI=1S/C26H25N3O3/c1-16-8-7-13-21(17(16)2)28-23-12-6-4-10-20(23)25(30)29-24(26(31)32)14-18-15-27-22-11-5-3-9-19(18)22/h3-13,15,24,27-28H,14H2,1-2H3,(H,29,30)(H,31,32)/t24-/m0/s1. The van der Waals surface area contributed by atoms with E-state index in [-0.39, 0.29) is 6.42 Å². The number of amides is 1. The van der Waals surface area contributed by atoms with Crippen LogP contribution in [-0.2, 0) is 11.2 Å². The average molecular weight is 428 g/mol. The molecule has 0 unspecified atom stereocenters. The Morgan fingerprint density at radius 1 is 0.938 bits per heavy atom. The Labute approximate surface area is 186 Å². The maximum atomic E-state index is 13.1. The summed E-state index contributed by atoms with van der Waals surface area (Å²) in [5, 5.41) is 16.7. The summed E-state index contributed by atoms with van der Waals surface area (Å²) in [4.78, 5) is 28.2. The molecule has 1 aromatic heterocycles. The van der Waals surface area contributed by atoms with Crippen LogP contribution in [0, 0.1) is 13.8 Å². The molecule has 6 heteroatoms. The van der Waals surface area contributed by atoms with Crippen LogP contribution in [0.3, 0.4) is 0 Å². The fraction of sp³-hybridized carbons (Fsp3) is 0.154. The number of carboxylic acids is 1. The van der Waals surface area contributed by atoms with E-state index in [1.165, 1.54) is 0 Å². The number of aromatic nitrogens is 1. The van der Waals surface area contributed by atoms with E-state index in [4.69, 9.17) is 0 Å². The first-order chi connectivity index (χ1) is 15.4. The molecule has 162 valence electrons. The maximum absolute atomic E-state index is 13.1. The van der Waals surface area contributed by atoms with E-state index in [1.54, 1.807) is 18.3 Å². The van der Waals surface area contributed by atoms with Crippen LogP contribution in [0.4, 0.5) is 11.4 Å². The second-order valence-electron chi connectivity index (χ2n) is 7.85. The van der Waals surface area contributed by atoms with Crippen LogP contribution in [0.1, 0.15) is 27.0 Å². The number of aromatic amines is 1. The zero-order chi connectivity index (χ0) is 22.7. The molecule has 0 fully saturated rings. The minimum Gasteiger partial charge on any atom is -0.480 e. The van der Waals surface area contributed by atoms with Gasteiger partial charge in [0.25, 0.3) is 5.91 Å². The van der Waals surface area contributed by atoms with Gasteiger partial charge in [0.2, 0.25) is 0 Å². The van der Waals surface area contributed by atoms with E-state index in [9.17, 15) is 14.7 Å². The van der Waals surface area contributed by atoms with E-state index in [0.29, 0.717) is 11.3 Å². The molecular formula is C26H25N3O3. The van der Waals surface area contributed by atoms with Crippen molar-refractivity contribution in [2.45, 2.75) is 26.3 Å². The summed E-state index contributed by atoms with van der Waals surface area (Å²) in [5.74, 6) is -1.52. The van der Waals surface area contributed by atoms with Gasteiger partial charge in [0.1, 0.15) is 6.04 Å². The highest BCUT2D eigenvalue weighted by Gasteiger charge is 2.23. The molecule has 0 radical (unpaired) electrons. The van der Waals surface area contributed by atoms with Crippen molar-refractivity contribution in [1.82, 2.24) is 10.3 Å². The van der Waals surface area contributed by atoms with Gasteiger partial charge in [0, 0.05) is 29.2 Å². The molecule has 0 aliphatic carbocycles. The number of anilines is 2. The summed E-state index contributed by atoms with van der Waals surface area (Å²) in [6.45, 7) is 4.04. The second-order valence-corrected chi connectivity index (χ2v) is 7.85. The molecule has 1 amide bonds. The number of para-hydroxylation sites is 2. The van der Waals surface area contributed by atoms with Crippen molar-refractivity contribution in [3.8, 4) is 0 Å². The van der Waals surface area contributed by atoms with Crippen LogP contribution in [0.5, 0.6) is 0 Å². The van der Waals surface area contributed by atoms with Gasteiger partial charge < -0.3 is 20.7 Å². The first-order valence-corrected chi connectivity index (χ1v) is 10.4. The number of carboxylic acid groups (broad SMARTS) is 1. The van der Waals surface area contributed by atoms with Gasteiger partial charge in [0.05, 0.1) is 11.3 Å². The number of benzene rings is 3. The molecule has 0 aliphatic rings. The van der Waals surface area contributed by atoms with Crippen LogP contribution in [0.2, 0.25) is 0 Å². The number of rotatable bonds is 7. The number of nitrogens with one attached hydrogen (secondary N) is 3. The molecule has 1 heterocycles. The van der Waals surface area contributed by atoms with Gasteiger partial charge in [-0.2, -0.15) is 0 Å². The largest absolute Gasteiger partial charge is 0.480 e. The number of hydrogen-bond donors (Lipinski definition) is 4. The molecule has 4 rings (SSSR count). The molecule has 3 aromatic carbocycles. The Morgan fingerprint density at radius 3 is 2.47 bits per heavy atom. The lowest BCUT2D eigenvalue weighted by Crippen LogP contribution is -2.42. The van der Waals surface area contributed by atoms with Crippen molar-refractivity contribution in [3.63, 3.8) is 0 Å². The SMILES string of the molecule is Cc1cccc(Nc2ccccc2C(=O)N[C@@H](Cc2c[nH]c3ccccc23)C(=O)O)c1C. The Morgan fingerprint density at radius 2 is 1.66 bits per heavy atom. The molecule has 1 atom stereocenters. The van der Waals surface area contributed by atoms with Gasteiger partial charge in [0.15, 0.2) is 0 Å². The van der Waals surface area contributed by atoms with Crippen LogP contribution in [-0.4, -0.2) is 28.0 Å². The predicted molar refractivity (Wildman–Crippen MR) is 127 cm³/mol. The average Bonchev–Trinajstić information content (AvgIpc) is 3.19. The number of carbonyl (C=O) groups is 2. The summed E-state index contributed by atoms with van der Waals surface area (Å²) >= 11 is 0. The zero-order valence-electron chi connectivity index (χ0n) is 18.0. The maximum Gasteiger partial charge on any atom is 0.326 e. The lowest BCUT2D eigenvalue weighted by Gasteiger charge is -2.18. The third-order valence-electron chi connectivity index (χ3n) is 5.75. The number of aryl methyl sites for hydroxylation is 1. The molecule has 0 bridgehead atoms. The summed E-state index contributed by atoms with van der Waals surface area (Å²) in [7, 11) is 0. The summed E-state index contributed by atoms with van der Waals surface area (Å²) in [6.07, 6.45) is 1.97. The van der Waals surface area contributed by atoms with E-state index in [2.05, 4.69) is 15.6 Å². The number of H-pyrrole nitrogens is 1. The monoisotopic (exact) mass is 427 g/mol. The van der Waals surface area contributed by atoms with E-state index in [0.717, 1.165) is 33.3 Å². The van der Waals surface area contributed by atoms with Crippen molar-refractivity contribution in [3.05, 3.63) is 95.2 Å². The summed E-state index contributed by atoms with van der Waals surface area (Å²) in [6, 6.07) is 19.7. The minimum atomic E-state index is -1.08. The molecule has 0 spiro atoms. The van der Waals surface area contributed by atoms with Crippen LogP contribution in [0.15, 0.2) is 72.9 Å². The fourth-order valence-electron chi connectivity index (χ4n) is 3.78. The van der Waals surface area contributed by atoms with E-state index in [1.807, 2.05) is 68.4 Å². The van der Waals surface area contributed by atoms with E-state index < -0.39 is 17.9 Å². The van der Waals surface area contributed by atoms with Gasteiger partial charge in [-0.25, -0.2) is 4.79 Å². The van der Waals surface area contributed by atoms with Crippen molar-refractivity contribution in [2.75, 3.05) is 5.32 Å². The Bertz CT molecular complexity index is 1290. The van der Waals surface area contributed by atoms with Gasteiger partial charge in [-0.05, 0) is 54.8 Å². The number of fused-ring (bicyclic) bond motifs is 1. The third-order valence-corrected chi connectivity index (χ3v) is 5.75. The fourth-order valence-corrected chi connectivity index (χ4v) is 3.78. The smallest absolute Gasteiger partial charge is 0.326 e. The van der Waals surface area contributed by atoms with Crippen molar-refractivity contribution < 1.29 is 14.7 Å². The van der Waals surface area contributed by atoms with Gasteiger partial charge in [-0.3, -0.25) is 4.79 Å². The van der Waals surface area contributed by atoms with Crippen molar-refractivity contribution in [1.29, 1.82) is 0 Å². The van der Waals surface area contributed by atoms with E-state index >= 15 is 0 Å². The Hall–Kier alpha value is -4.06. The number of aliphatic carboxylic acids is 1. The van der Waals surface area contributed by atoms with Gasteiger partial charge >= 0.3 is 5.97 Å².